The molecular weight excluding hydrogens is 416 g/mol. The number of hydrogen-bond acceptors (Lipinski definition) is 4. The van der Waals surface area contributed by atoms with Gasteiger partial charge in [-0.15, -0.1) is 0 Å². The zero-order valence-electron chi connectivity index (χ0n) is 13.0. The van der Waals surface area contributed by atoms with E-state index >= 15 is 0 Å². The monoisotopic (exact) mass is 436 g/mol. The minimum Gasteiger partial charge on any atom is -0.452 e. The summed E-state index contributed by atoms with van der Waals surface area (Å²) in [6, 6.07) is 2.26. The van der Waals surface area contributed by atoms with E-state index in [1.807, 2.05) is 26.8 Å². The number of halogens is 2. The third-order valence-corrected chi connectivity index (χ3v) is 5.16. The van der Waals surface area contributed by atoms with E-state index in [4.69, 9.17) is 9.15 Å². The van der Waals surface area contributed by atoms with Crippen molar-refractivity contribution in [2.75, 3.05) is 0 Å². The molecule has 1 aromatic rings. The molecule has 1 fully saturated rings. The van der Waals surface area contributed by atoms with Crippen molar-refractivity contribution in [2.45, 2.75) is 64.3 Å². The Labute approximate surface area is 147 Å². The molecule has 0 aliphatic heterocycles. The maximum atomic E-state index is 11.9. The van der Waals surface area contributed by atoms with Crippen molar-refractivity contribution in [1.29, 1.82) is 0 Å². The minimum absolute atomic E-state index is 0.0942. The van der Waals surface area contributed by atoms with E-state index in [0.29, 0.717) is 11.2 Å². The van der Waals surface area contributed by atoms with Crippen LogP contribution in [0.1, 0.15) is 45.8 Å². The van der Waals surface area contributed by atoms with Gasteiger partial charge in [0.05, 0.1) is 11.0 Å². The summed E-state index contributed by atoms with van der Waals surface area (Å²) < 4.78 is 12.5. The predicted molar refractivity (Wildman–Crippen MR) is 91.7 cm³/mol. The Kier molecular flexibility index (Phi) is 5.96. The molecule has 124 valence electrons. The Balaban J connectivity index is 1.84. The second-order valence-electron chi connectivity index (χ2n) is 6.51. The molecule has 2 rings (SSSR count). The smallest absolute Gasteiger partial charge is 0.407 e. The van der Waals surface area contributed by atoms with Crippen LogP contribution in [0.4, 0.5) is 4.79 Å². The highest BCUT2D eigenvalue weighted by atomic mass is 79.9. The summed E-state index contributed by atoms with van der Waals surface area (Å²) in [5.74, 6) is 0.849. The van der Waals surface area contributed by atoms with Gasteiger partial charge in [0.1, 0.15) is 11.4 Å². The summed E-state index contributed by atoms with van der Waals surface area (Å²) in [5, 5.41) is 6.42. The van der Waals surface area contributed by atoms with Crippen molar-refractivity contribution in [1.82, 2.24) is 10.6 Å². The van der Waals surface area contributed by atoms with Crippen LogP contribution in [-0.4, -0.2) is 23.8 Å². The van der Waals surface area contributed by atoms with Gasteiger partial charge in [-0.2, -0.15) is 0 Å². The SMILES string of the molecule is CC(C)(C)OC(=O)NC1CCCC1NCc1cc(Br)c(Br)o1. The van der Waals surface area contributed by atoms with Crippen LogP contribution in [0.3, 0.4) is 0 Å². The van der Waals surface area contributed by atoms with Crippen LogP contribution in [0.25, 0.3) is 0 Å². The molecule has 1 heterocycles. The third-order valence-electron chi connectivity index (χ3n) is 3.45. The van der Waals surface area contributed by atoms with Crippen molar-refractivity contribution >= 4 is 38.0 Å². The van der Waals surface area contributed by atoms with Gasteiger partial charge in [0.2, 0.25) is 0 Å². The van der Waals surface area contributed by atoms with Crippen LogP contribution < -0.4 is 10.6 Å². The molecule has 2 atom stereocenters. The number of carbonyl (C=O) groups excluding carboxylic acids is 1. The number of nitrogens with one attached hydrogen (secondary N) is 2. The summed E-state index contributed by atoms with van der Waals surface area (Å²) in [4.78, 5) is 11.9. The number of furan rings is 1. The Morgan fingerprint density at radius 3 is 2.64 bits per heavy atom. The lowest BCUT2D eigenvalue weighted by molar-refractivity contribution is 0.0498. The van der Waals surface area contributed by atoms with Crippen LogP contribution in [0.2, 0.25) is 0 Å². The maximum Gasteiger partial charge on any atom is 0.407 e. The van der Waals surface area contributed by atoms with Crippen molar-refractivity contribution in [3.8, 4) is 0 Å². The summed E-state index contributed by atoms with van der Waals surface area (Å²) in [5.41, 5.74) is -0.474. The standard InChI is InChI=1S/C15H22Br2N2O3/c1-15(2,3)22-14(20)19-12-6-4-5-11(12)18-8-9-7-10(16)13(17)21-9/h7,11-12,18H,4-6,8H2,1-3H3,(H,19,20). The van der Waals surface area contributed by atoms with Gasteiger partial charge in [0.25, 0.3) is 0 Å². The average molecular weight is 438 g/mol. The summed E-state index contributed by atoms with van der Waals surface area (Å²) in [7, 11) is 0. The van der Waals surface area contributed by atoms with Crippen molar-refractivity contribution in [3.63, 3.8) is 0 Å². The van der Waals surface area contributed by atoms with Crippen LogP contribution in [-0.2, 0) is 11.3 Å². The summed E-state index contributed by atoms with van der Waals surface area (Å²) >= 11 is 6.73. The first-order chi connectivity index (χ1) is 10.2. The normalized spacial score (nSPS) is 21.9. The zero-order chi connectivity index (χ0) is 16.3. The number of rotatable bonds is 4. The van der Waals surface area contributed by atoms with Crippen LogP contribution in [0, 0.1) is 0 Å². The molecule has 1 aliphatic carbocycles. The van der Waals surface area contributed by atoms with Crippen molar-refractivity contribution in [2.24, 2.45) is 0 Å². The molecule has 0 bridgehead atoms. The number of amides is 1. The first kappa shape index (κ1) is 17.8. The Morgan fingerprint density at radius 1 is 1.36 bits per heavy atom. The first-order valence-electron chi connectivity index (χ1n) is 7.41. The second kappa shape index (κ2) is 7.36. The Bertz CT molecular complexity index is 506. The zero-order valence-corrected chi connectivity index (χ0v) is 16.2. The van der Waals surface area contributed by atoms with E-state index in [-0.39, 0.29) is 18.2 Å². The summed E-state index contributed by atoms with van der Waals surface area (Å²) in [6.45, 7) is 6.22. The van der Waals surface area contributed by atoms with Gasteiger partial charge in [0.15, 0.2) is 4.67 Å². The topological polar surface area (TPSA) is 63.5 Å². The molecule has 1 amide bonds. The van der Waals surface area contributed by atoms with Crippen molar-refractivity contribution < 1.29 is 13.9 Å². The van der Waals surface area contributed by atoms with Crippen LogP contribution in [0.15, 0.2) is 19.6 Å². The molecule has 2 N–H and O–H groups in total. The predicted octanol–water partition coefficient (Wildman–Crippen LogP) is 4.34. The fourth-order valence-corrected chi connectivity index (χ4v) is 3.20. The fraction of sp³-hybridized carbons (Fsp3) is 0.667. The molecule has 1 aromatic heterocycles. The first-order valence-corrected chi connectivity index (χ1v) is 9.00. The fourth-order valence-electron chi connectivity index (χ4n) is 2.55. The van der Waals surface area contributed by atoms with Gasteiger partial charge in [-0.25, -0.2) is 4.79 Å². The number of carbonyl (C=O) groups is 1. The maximum absolute atomic E-state index is 11.9. The van der Waals surface area contributed by atoms with Gasteiger partial charge in [-0.3, -0.25) is 0 Å². The van der Waals surface area contributed by atoms with Gasteiger partial charge in [-0.1, -0.05) is 0 Å². The highest BCUT2D eigenvalue weighted by molar-refractivity contribution is 9.13. The second-order valence-corrected chi connectivity index (χ2v) is 8.08. The van der Waals surface area contributed by atoms with Gasteiger partial charge in [-0.05, 0) is 78.0 Å². The molecule has 0 saturated heterocycles. The molecule has 5 nitrogen and oxygen atoms in total. The molecule has 0 spiro atoms. The molecule has 2 unspecified atom stereocenters. The lowest BCUT2D eigenvalue weighted by atomic mass is 10.1. The van der Waals surface area contributed by atoms with Gasteiger partial charge in [0, 0.05) is 12.1 Å². The summed E-state index contributed by atoms with van der Waals surface area (Å²) in [6.07, 6.45) is 2.73. The molecule has 0 radical (unpaired) electrons. The van der Waals surface area contributed by atoms with Gasteiger partial charge >= 0.3 is 6.09 Å². The van der Waals surface area contributed by atoms with E-state index in [2.05, 4.69) is 42.5 Å². The van der Waals surface area contributed by atoms with E-state index < -0.39 is 5.60 Å². The molecule has 1 aliphatic rings. The van der Waals surface area contributed by atoms with Crippen molar-refractivity contribution in [3.05, 3.63) is 21.0 Å². The number of alkyl carbamates (subject to hydrolysis) is 1. The Hall–Kier alpha value is -0.530. The highest BCUT2D eigenvalue weighted by Gasteiger charge is 2.30. The molecule has 22 heavy (non-hydrogen) atoms. The lowest BCUT2D eigenvalue weighted by Crippen LogP contribution is -2.47. The number of ether oxygens (including phenoxy) is 1. The highest BCUT2D eigenvalue weighted by Crippen LogP contribution is 2.27. The van der Waals surface area contributed by atoms with E-state index in [9.17, 15) is 4.79 Å². The molecule has 0 aromatic carbocycles. The third kappa shape index (κ3) is 5.28. The van der Waals surface area contributed by atoms with Crippen LogP contribution in [0.5, 0.6) is 0 Å². The minimum atomic E-state index is -0.474. The van der Waals surface area contributed by atoms with E-state index in [1.165, 1.54) is 0 Å². The van der Waals surface area contributed by atoms with Gasteiger partial charge < -0.3 is 19.8 Å². The lowest BCUT2D eigenvalue weighted by Gasteiger charge is -2.25. The van der Waals surface area contributed by atoms with E-state index in [1.54, 1.807) is 0 Å². The molecular formula is C15H22Br2N2O3. The molecule has 1 saturated carbocycles. The largest absolute Gasteiger partial charge is 0.452 e. The quantitative estimate of drug-likeness (QED) is 0.735. The van der Waals surface area contributed by atoms with Crippen LogP contribution >= 0.6 is 31.9 Å². The molecule has 7 heteroatoms. The Morgan fingerprint density at radius 2 is 2.05 bits per heavy atom. The van der Waals surface area contributed by atoms with E-state index in [0.717, 1.165) is 29.5 Å². The average Bonchev–Trinajstić information content (AvgIpc) is 2.92. The number of hydrogen-bond donors (Lipinski definition) is 2.